The van der Waals surface area contributed by atoms with Crippen molar-refractivity contribution < 1.29 is 9.84 Å². The Hall–Kier alpha value is -1.06. The van der Waals surface area contributed by atoms with E-state index in [1.807, 2.05) is 12.1 Å². The lowest BCUT2D eigenvalue weighted by molar-refractivity contribution is 0.0420. The lowest BCUT2D eigenvalue weighted by Crippen LogP contribution is -2.36. The molecule has 2 N–H and O–H groups in total. The first-order chi connectivity index (χ1) is 8.19. The molecule has 0 aliphatic heterocycles. The third-order valence-electron chi connectivity index (χ3n) is 3.52. The number of aliphatic hydroxyl groups is 1. The van der Waals surface area contributed by atoms with Crippen molar-refractivity contribution >= 4 is 0 Å². The molecule has 1 fully saturated rings. The van der Waals surface area contributed by atoms with Crippen LogP contribution >= 0.6 is 0 Å². The fourth-order valence-corrected chi connectivity index (χ4v) is 2.24. The molecular formula is C14H21NO2. The largest absolute Gasteiger partial charge is 0.497 e. The first-order valence-electron chi connectivity index (χ1n) is 6.24. The van der Waals surface area contributed by atoms with Crippen LogP contribution in [0.4, 0.5) is 0 Å². The Balaban J connectivity index is 1.83. The predicted molar refractivity (Wildman–Crippen MR) is 68.1 cm³/mol. The zero-order chi connectivity index (χ0) is 12.3. The summed E-state index contributed by atoms with van der Waals surface area (Å²) in [5, 5.41) is 12.7. The summed E-state index contributed by atoms with van der Waals surface area (Å²) in [7, 11) is 1.69. The standard InChI is InChI=1S/C14H21NO2/c1-10(15-9-11-6-13(16)7-11)12-4-3-5-14(8-12)17-2/h3-5,8,10-11,13,15-16H,6-7,9H2,1-2H3. The average molecular weight is 235 g/mol. The average Bonchev–Trinajstić information content (AvgIpc) is 2.33. The van der Waals surface area contributed by atoms with Gasteiger partial charge in [0.2, 0.25) is 0 Å². The Morgan fingerprint density at radius 1 is 1.47 bits per heavy atom. The molecule has 0 heterocycles. The fourth-order valence-electron chi connectivity index (χ4n) is 2.24. The van der Waals surface area contributed by atoms with Gasteiger partial charge in [0.15, 0.2) is 0 Å². The molecule has 17 heavy (non-hydrogen) atoms. The van der Waals surface area contributed by atoms with E-state index in [0.29, 0.717) is 12.0 Å². The molecule has 1 aromatic rings. The molecule has 2 rings (SSSR count). The van der Waals surface area contributed by atoms with Gasteiger partial charge in [-0.2, -0.15) is 0 Å². The smallest absolute Gasteiger partial charge is 0.119 e. The highest BCUT2D eigenvalue weighted by Gasteiger charge is 2.26. The summed E-state index contributed by atoms with van der Waals surface area (Å²) in [5.74, 6) is 1.54. The molecule has 94 valence electrons. The van der Waals surface area contributed by atoms with Crippen LogP contribution in [0.2, 0.25) is 0 Å². The van der Waals surface area contributed by atoms with Gasteiger partial charge in [-0.3, -0.25) is 0 Å². The Morgan fingerprint density at radius 2 is 2.24 bits per heavy atom. The molecule has 1 aromatic carbocycles. The summed E-state index contributed by atoms with van der Waals surface area (Å²) in [5.41, 5.74) is 1.24. The van der Waals surface area contributed by atoms with Crippen molar-refractivity contribution in [3.63, 3.8) is 0 Å². The van der Waals surface area contributed by atoms with Crippen LogP contribution in [-0.2, 0) is 0 Å². The Kier molecular flexibility index (Phi) is 4.02. The maximum atomic E-state index is 9.22. The van der Waals surface area contributed by atoms with Gasteiger partial charge in [-0.25, -0.2) is 0 Å². The van der Waals surface area contributed by atoms with Crippen LogP contribution < -0.4 is 10.1 Å². The van der Waals surface area contributed by atoms with E-state index in [4.69, 9.17) is 4.74 Å². The van der Waals surface area contributed by atoms with E-state index in [2.05, 4.69) is 24.4 Å². The van der Waals surface area contributed by atoms with Crippen molar-refractivity contribution in [3.8, 4) is 5.75 Å². The molecule has 1 saturated carbocycles. The lowest BCUT2D eigenvalue weighted by atomic mass is 9.82. The van der Waals surface area contributed by atoms with E-state index < -0.39 is 0 Å². The molecule has 1 aliphatic rings. The number of ether oxygens (including phenoxy) is 1. The lowest BCUT2D eigenvalue weighted by Gasteiger charge is -2.32. The molecule has 0 bridgehead atoms. The molecule has 3 nitrogen and oxygen atoms in total. The highest BCUT2D eigenvalue weighted by atomic mass is 16.5. The second kappa shape index (κ2) is 5.52. The summed E-state index contributed by atoms with van der Waals surface area (Å²) < 4.78 is 5.22. The minimum Gasteiger partial charge on any atom is -0.497 e. The molecule has 0 amide bonds. The highest BCUT2D eigenvalue weighted by Crippen LogP contribution is 2.27. The highest BCUT2D eigenvalue weighted by molar-refractivity contribution is 5.30. The van der Waals surface area contributed by atoms with Gasteiger partial charge < -0.3 is 15.2 Å². The summed E-state index contributed by atoms with van der Waals surface area (Å²) in [6.45, 7) is 3.14. The zero-order valence-corrected chi connectivity index (χ0v) is 10.5. The number of nitrogens with one attached hydrogen (secondary N) is 1. The van der Waals surface area contributed by atoms with Gasteiger partial charge in [-0.1, -0.05) is 12.1 Å². The van der Waals surface area contributed by atoms with Crippen molar-refractivity contribution in [2.75, 3.05) is 13.7 Å². The van der Waals surface area contributed by atoms with Crippen LogP contribution in [0.3, 0.4) is 0 Å². The monoisotopic (exact) mass is 235 g/mol. The third-order valence-corrected chi connectivity index (χ3v) is 3.52. The van der Waals surface area contributed by atoms with Crippen molar-refractivity contribution in [1.82, 2.24) is 5.32 Å². The molecule has 1 unspecified atom stereocenters. The number of methoxy groups -OCH3 is 1. The van der Waals surface area contributed by atoms with Crippen LogP contribution in [0.15, 0.2) is 24.3 Å². The van der Waals surface area contributed by atoms with Gasteiger partial charge in [0.1, 0.15) is 5.75 Å². The SMILES string of the molecule is COc1cccc(C(C)NCC2CC(O)C2)c1. The normalized spacial score (nSPS) is 25.1. The van der Waals surface area contributed by atoms with Crippen molar-refractivity contribution in [2.24, 2.45) is 5.92 Å². The van der Waals surface area contributed by atoms with E-state index in [9.17, 15) is 5.11 Å². The number of aliphatic hydroxyl groups excluding tert-OH is 1. The molecule has 1 aliphatic carbocycles. The topological polar surface area (TPSA) is 41.5 Å². The number of benzene rings is 1. The Labute approximate surface area is 103 Å². The number of rotatable bonds is 5. The zero-order valence-electron chi connectivity index (χ0n) is 10.5. The van der Waals surface area contributed by atoms with Gasteiger partial charge >= 0.3 is 0 Å². The molecule has 0 aromatic heterocycles. The second-order valence-electron chi connectivity index (χ2n) is 4.90. The van der Waals surface area contributed by atoms with E-state index >= 15 is 0 Å². The third kappa shape index (κ3) is 3.20. The van der Waals surface area contributed by atoms with Gasteiger partial charge in [0.25, 0.3) is 0 Å². The van der Waals surface area contributed by atoms with Crippen LogP contribution in [0.25, 0.3) is 0 Å². The molecule has 3 heteroatoms. The van der Waals surface area contributed by atoms with Crippen molar-refractivity contribution in [2.45, 2.75) is 31.9 Å². The molecular weight excluding hydrogens is 214 g/mol. The van der Waals surface area contributed by atoms with E-state index in [0.717, 1.165) is 25.1 Å². The summed E-state index contributed by atoms with van der Waals surface area (Å²) in [6.07, 6.45) is 1.82. The second-order valence-corrected chi connectivity index (χ2v) is 4.90. The van der Waals surface area contributed by atoms with Crippen molar-refractivity contribution in [1.29, 1.82) is 0 Å². The molecule has 0 spiro atoms. The van der Waals surface area contributed by atoms with Crippen LogP contribution in [0.5, 0.6) is 5.75 Å². The van der Waals surface area contributed by atoms with Crippen LogP contribution in [0.1, 0.15) is 31.4 Å². The summed E-state index contributed by atoms with van der Waals surface area (Å²) in [4.78, 5) is 0. The minimum absolute atomic E-state index is 0.0612. The first kappa shape index (κ1) is 12.4. The number of hydrogen-bond donors (Lipinski definition) is 2. The maximum Gasteiger partial charge on any atom is 0.119 e. The minimum atomic E-state index is -0.0612. The van der Waals surface area contributed by atoms with E-state index in [1.54, 1.807) is 7.11 Å². The quantitative estimate of drug-likeness (QED) is 0.821. The first-order valence-corrected chi connectivity index (χ1v) is 6.24. The summed E-state index contributed by atoms with van der Waals surface area (Å²) in [6, 6.07) is 8.46. The number of hydrogen-bond acceptors (Lipinski definition) is 3. The molecule has 0 saturated heterocycles. The van der Waals surface area contributed by atoms with Gasteiger partial charge in [0, 0.05) is 6.04 Å². The van der Waals surface area contributed by atoms with Crippen molar-refractivity contribution in [3.05, 3.63) is 29.8 Å². The fraction of sp³-hybridized carbons (Fsp3) is 0.571. The molecule has 1 atom stereocenters. The van der Waals surface area contributed by atoms with Gasteiger partial charge in [-0.05, 0) is 49.9 Å². The van der Waals surface area contributed by atoms with E-state index in [1.165, 1.54) is 5.56 Å². The predicted octanol–water partition coefficient (Wildman–Crippen LogP) is 2.12. The van der Waals surface area contributed by atoms with Crippen LogP contribution in [0, 0.1) is 5.92 Å². The van der Waals surface area contributed by atoms with Gasteiger partial charge in [0.05, 0.1) is 13.2 Å². The van der Waals surface area contributed by atoms with Crippen LogP contribution in [-0.4, -0.2) is 24.9 Å². The van der Waals surface area contributed by atoms with Gasteiger partial charge in [-0.15, -0.1) is 0 Å². The maximum absolute atomic E-state index is 9.22. The Morgan fingerprint density at radius 3 is 2.88 bits per heavy atom. The molecule has 0 radical (unpaired) electrons. The Bertz CT molecular complexity index is 361. The summed E-state index contributed by atoms with van der Waals surface area (Å²) >= 11 is 0. The van der Waals surface area contributed by atoms with E-state index in [-0.39, 0.29) is 6.10 Å².